The molecule has 2 N–H and O–H groups in total. The molecule has 0 radical (unpaired) electrons. The summed E-state index contributed by atoms with van der Waals surface area (Å²) in [6.45, 7) is 1.40. The number of hydrogen-bond acceptors (Lipinski definition) is 4. The summed E-state index contributed by atoms with van der Waals surface area (Å²) in [7, 11) is 0. The molecule has 1 aliphatic heterocycles. The molecule has 1 aromatic rings. The second kappa shape index (κ2) is 9.02. The van der Waals surface area contributed by atoms with Crippen molar-refractivity contribution in [3.8, 4) is 0 Å². The van der Waals surface area contributed by atoms with Gasteiger partial charge in [-0.1, -0.05) is 30.3 Å². The van der Waals surface area contributed by atoms with Crippen molar-refractivity contribution >= 4 is 5.91 Å². The molecule has 2 unspecified atom stereocenters. The molecule has 5 nitrogen and oxygen atoms in total. The fraction of sp³-hybridized carbons (Fsp3) is 0.550. The number of unbranched alkanes of at least 4 members (excludes halogenated alkanes) is 1. The normalized spacial score (nSPS) is 22.8. The van der Waals surface area contributed by atoms with Crippen LogP contribution in [0.2, 0.25) is 0 Å². The predicted octanol–water partition coefficient (Wildman–Crippen LogP) is 2.72. The molecule has 0 spiro atoms. The zero-order chi connectivity index (χ0) is 17.5. The number of benzene rings is 1. The average molecular weight is 345 g/mol. The van der Waals surface area contributed by atoms with Crippen molar-refractivity contribution in [2.24, 2.45) is 5.92 Å². The third kappa shape index (κ3) is 5.58. The molecule has 2 atom stereocenters. The van der Waals surface area contributed by atoms with E-state index in [9.17, 15) is 4.79 Å². The topological polar surface area (TPSA) is 67.8 Å². The van der Waals surface area contributed by atoms with E-state index in [1.165, 1.54) is 12.8 Å². The van der Waals surface area contributed by atoms with Gasteiger partial charge >= 0.3 is 0 Å². The molecule has 2 aliphatic rings. The van der Waals surface area contributed by atoms with Crippen LogP contribution in [0.5, 0.6) is 0 Å². The maximum absolute atomic E-state index is 12.4. The molecule has 25 heavy (non-hydrogen) atoms. The van der Waals surface area contributed by atoms with Gasteiger partial charge in [0.25, 0.3) is 5.91 Å². The van der Waals surface area contributed by atoms with Gasteiger partial charge in [-0.15, -0.1) is 0 Å². The Balaban J connectivity index is 1.64. The molecule has 1 aromatic carbocycles. The van der Waals surface area contributed by atoms with Crippen LogP contribution in [-0.4, -0.2) is 37.1 Å². The zero-order valence-corrected chi connectivity index (χ0v) is 14.5. The quantitative estimate of drug-likeness (QED) is 0.675. The van der Waals surface area contributed by atoms with Crippen LogP contribution < -0.4 is 5.32 Å². The van der Waals surface area contributed by atoms with E-state index in [1.807, 2.05) is 24.3 Å². The highest BCUT2D eigenvalue weighted by Crippen LogP contribution is 2.32. The first-order valence-corrected chi connectivity index (χ1v) is 9.20. The van der Waals surface area contributed by atoms with Gasteiger partial charge in [0.1, 0.15) is 0 Å². The van der Waals surface area contributed by atoms with Gasteiger partial charge in [-0.2, -0.15) is 0 Å². The Kier molecular flexibility index (Phi) is 6.48. The first-order chi connectivity index (χ1) is 12.3. The van der Waals surface area contributed by atoms with E-state index in [2.05, 4.69) is 17.4 Å². The van der Waals surface area contributed by atoms with E-state index in [0.29, 0.717) is 31.1 Å². The summed E-state index contributed by atoms with van der Waals surface area (Å²) in [6.07, 6.45) is 6.04. The van der Waals surface area contributed by atoms with E-state index in [-0.39, 0.29) is 18.4 Å². The van der Waals surface area contributed by atoms with Crippen LogP contribution in [0, 0.1) is 5.92 Å². The molecule has 5 heteroatoms. The van der Waals surface area contributed by atoms with Crippen molar-refractivity contribution in [1.82, 2.24) is 5.32 Å². The van der Waals surface area contributed by atoms with Crippen LogP contribution in [-0.2, 0) is 14.3 Å². The number of carbonyl (C=O) groups excluding carboxylic acids is 1. The zero-order valence-electron chi connectivity index (χ0n) is 14.5. The molecule has 136 valence electrons. The first kappa shape index (κ1) is 18.0. The lowest BCUT2D eigenvalue weighted by Crippen LogP contribution is -2.34. The van der Waals surface area contributed by atoms with Crippen molar-refractivity contribution in [2.75, 3.05) is 19.8 Å². The molecule has 1 aliphatic carbocycles. The van der Waals surface area contributed by atoms with E-state index in [0.717, 1.165) is 18.5 Å². The van der Waals surface area contributed by atoms with Gasteiger partial charge in [-0.25, -0.2) is 0 Å². The predicted molar refractivity (Wildman–Crippen MR) is 94.8 cm³/mol. The van der Waals surface area contributed by atoms with Gasteiger partial charge in [0.15, 0.2) is 5.76 Å². The number of hydrogen-bond donors (Lipinski definition) is 2. The highest BCUT2D eigenvalue weighted by Gasteiger charge is 2.29. The highest BCUT2D eigenvalue weighted by atomic mass is 16.7. The Morgan fingerprint density at radius 3 is 2.76 bits per heavy atom. The van der Waals surface area contributed by atoms with Gasteiger partial charge in [0, 0.05) is 25.5 Å². The number of aliphatic hydroxyl groups is 1. The third-order valence-corrected chi connectivity index (χ3v) is 4.61. The molecular formula is C20H27NO4. The summed E-state index contributed by atoms with van der Waals surface area (Å²) in [6, 6.07) is 10.1. The van der Waals surface area contributed by atoms with Crippen LogP contribution in [0.25, 0.3) is 0 Å². The lowest BCUT2D eigenvalue weighted by Gasteiger charge is -2.29. The summed E-state index contributed by atoms with van der Waals surface area (Å²) in [5, 5.41) is 11.8. The number of ether oxygens (including phenoxy) is 2. The number of aliphatic hydroxyl groups excluding tert-OH is 1. The molecular weight excluding hydrogens is 318 g/mol. The Bertz CT molecular complexity index is 583. The number of amides is 1. The van der Waals surface area contributed by atoms with E-state index >= 15 is 0 Å². The van der Waals surface area contributed by atoms with Crippen molar-refractivity contribution in [2.45, 2.75) is 44.3 Å². The van der Waals surface area contributed by atoms with Gasteiger partial charge in [0.2, 0.25) is 6.29 Å². The van der Waals surface area contributed by atoms with Crippen molar-refractivity contribution in [1.29, 1.82) is 0 Å². The Morgan fingerprint density at radius 1 is 1.24 bits per heavy atom. The van der Waals surface area contributed by atoms with E-state index in [1.54, 1.807) is 0 Å². The fourth-order valence-electron chi connectivity index (χ4n) is 2.93. The summed E-state index contributed by atoms with van der Waals surface area (Å²) >= 11 is 0. The SMILES string of the molecule is O=C(NCC1CC1)C1=CC(c2ccccc2)CC(OCCCCO)O1. The molecule has 0 bridgehead atoms. The van der Waals surface area contributed by atoms with Crippen molar-refractivity contribution < 1.29 is 19.4 Å². The summed E-state index contributed by atoms with van der Waals surface area (Å²) in [5.74, 6) is 0.924. The standard InChI is InChI=1S/C20H27NO4/c22-10-4-5-11-24-19-13-17(16-6-2-1-3-7-16)12-18(25-19)20(23)21-14-15-8-9-15/h1-3,6-7,12,15,17,19,22H,4-5,8-11,13-14H2,(H,21,23). The Hall–Kier alpha value is -1.85. The molecule has 1 heterocycles. The lowest BCUT2D eigenvalue weighted by atomic mass is 9.93. The van der Waals surface area contributed by atoms with Crippen LogP contribution in [0.1, 0.15) is 43.6 Å². The second-order valence-corrected chi connectivity index (χ2v) is 6.79. The Morgan fingerprint density at radius 2 is 2.04 bits per heavy atom. The molecule has 3 rings (SSSR count). The monoisotopic (exact) mass is 345 g/mol. The van der Waals surface area contributed by atoms with Gasteiger partial charge in [0.05, 0.1) is 6.61 Å². The molecule has 0 saturated heterocycles. The minimum Gasteiger partial charge on any atom is -0.459 e. The average Bonchev–Trinajstić information content (AvgIpc) is 3.48. The number of rotatable bonds is 9. The molecule has 1 saturated carbocycles. The number of nitrogens with one attached hydrogen (secondary N) is 1. The van der Waals surface area contributed by atoms with Crippen LogP contribution in [0.15, 0.2) is 42.2 Å². The van der Waals surface area contributed by atoms with Gasteiger partial charge in [-0.3, -0.25) is 4.79 Å². The third-order valence-electron chi connectivity index (χ3n) is 4.61. The van der Waals surface area contributed by atoms with Crippen LogP contribution >= 0.6 is 0 Å². The molecule has 1 amide bonds. The number of carbonyl (C=O) groups is 1. The Labute approximate surface area is 149 Å². The van der Waals surface area contributed by atoms with Crippen molar-refractivity contribution in [3.63, 3.8) is 0 Å². The van der Waals surface area contributed by atoms with Gasteiger partial charge < -0.3 is 19.9 Å². The number of allylic oxidation sites excluding steroid dienone is 1. The largest absolute Gasteiger partial charge is 0.459 e. The summed E-state index contributed by atoms with van der Waals surface area (Å²) in [5.41, 5.74) is 1.15. The highest BCUT2D eigenvalue weighted by molar-refractivity contribution is 5.91. The maximum atomic E-state index is 12.4. The minimum absolute atomic E-state index is 0.0967. The molecule has 1 fully saturated rings. The fourth-order valence-corrected chi connectivity index (χ4v) is 2.93. The smallest absolute Gasteiger partial charge is 0.286 e. The lowest BCUT2D eigenvalue weighted by molar-refractivity contribution is -0.146. The van der Waals surface area contributed by atoms with E-state index < -0.39 is 6.29 Å². The van der Waals surface area contributed by atoms with Crippen LogP contribution in [0.4, 0.5) is 0 Å². The van der Waals surface area contributed by atoms with E-state index in [4.69, 9.17) is 14.6 Å². The maximum Gasteiger partial charge on any atom is 0.286 e. The molecule has 0 aromatic heterocycles. The summed E-state index contributed by atoms with van der Waals surface area (Å²) < 4.78 is 11.6. The van der Waals surface area contributed by atoms with Gasteiger partial charge in [-0.05, 0) is 43.2 Å². The minimum atomic E-state index is -0.435. The second-order valence-electron chi connectivity index (χ2n) is 6.79. The van der Waals surface area contributed by atoms with Crippen LogP contribution in [0.3, 0.4) is 0 Å². The first-order valence-electron chi connectivity index (χ1n) is 9.20. The van der Waals surface area contributed by atoms with Crippen molar-refractivity contribution in [3.05, 3.63) is 47.7 Å². The summed E-state index contributed by atoms with van der Waals surface area (Å²) in [4.78, 5) is 12.4.